The van der Waals surface area contributed by atoms with Crippen molar-refractivity contribution in [3.8, 4) is 0 Å². The van der Waals surface area contributed by atoms with E-state index >= 15 is 4.39 Å². The Morgan fingerprint density at radius 1 is 1.14 bits per heavy atom. The highest BCUT2D eigenvalue weighted by atomic mass is 35.5. The van der Waals surface area contributed by atoms with Gasteiger partial charge in [0.05, 0.1) is 27.4 Å². The van der Waals surface area contributed by atoms with Gasteiger partial charge in [-0.1, -0.05) is 23.7 Å². The summed E-state index contributed by atoms with van der Waals surface area (Å²) in [6, 6.07) is 5.80. The van der Waals surface area contributed by atoms with Gasteiger partial charge in [-0.3, -0.25) is 0 Å². The molecular weight excluding hydrogens is 625 g/mol. The molecule has 3 aromatic rings. The molecule has 1 saturated heterocycles. The Kier molecular flexibility index (Phi) is 8.92. The molecule has 4 rings (SSSR count). The summed E-state index contributed by atoms with van der Waals surface area (Å²) in [6.45, 7) is 12.2. The van der Waals surface area contributed by atoms with Gasteiger partial charge in [0.1, 0.15) is 28.3 Å². The van der Waals surface area contributed by atoms with Gasteiger partial charge in [-0.25, -0.2) is 27.0 Å². The van der Waals surface area contributed by atoms with Gasteiger partial charge >= 0.3 is 13.2 Å². The molecule has 2 aromatic carbocycles. The number of ether oxygens (including phenoxy) is 1. The van der Waals surface area contributed by atoms with Crippen molar-refractivity contribution >= 4 is 63.1 Å². The number of nitrogens with zero attached hydrogens (tertiary/aromatic N) is 2. The van der Waals surface area contributed by atoms with Crippen LogP contribution < -0.4 is 20.8 Å². The zero-order valence-electron chi connectivity index (χ0n) is 24.6. The molecule has 1 atom stereocenters. The van der Waals surface area contributed by atoms with Crippen LogP contribution in [0.3, 0.4) is 0 Å². The third-order valence-electron chi connectivity index (χ3n) is 6.92. The molecule has 1 aliphatic heterocycles. The Balaban J connectivity index is 1.63. The first-order valence-electron chi connectivity index (χ1n) is 13.1. The number of amides is 1. The molecule has 43 heavy (non-hydrogen) atoms. The van der Waals surface area contributed by atoms with Gasteiger partial charge in [-0.15, -0.1) is 15.6 Å². The normalized spacial score (nSPS) is 17.0. The van der Waals surface area contributed by atoms with E-state index in [0.717, 1.165) is 23.5 Å². The molecule has 232 valence electrons. The maximum atomic E-state index is 15.5. The van der Waals surface area contributed by atoms with E-state index in [1.165, 1.54) is 29.1 Å². The Morgan fingerprint density at radius 3 is 2.33 bits per heavy atom. The van der Waals surface area contributed by atoms with E-state index < -0.39 is 62.7 Å². The minimum Gasteiger partial charge on any atom is -0.443 e. The first-order chi connectivity index (χ1) is 19.7. The summed E-state index contributed by atoms with van der Waals surface area (Å²) < 4.78 is 75.0. The highest BCUT2D eigenvalue weighted by Crippen LogP contribution is 2.37. The lowest BCUT2D eigenvalue weighted by atomic mass is 9.78. The van der Waals surface area contributed by atoms with Gasteiger partial charge in [-0.05, 0) is 72.1 Å². The maximum Gasteiger partial charge on any atom is 0.494 e. The van der Waals surface area contributed by atoms with E-state index in [1.54, 1.807) is 20.8 Å². The maximum absolute atomic E-state index is 15.5. The van der Waals surface area contributed by atoms with Crippen LogP contribution in [0.4, 0.5) is 25.1 Å². The van der Waals surface area contributed by atoms with Crippen LogP contribution in [-0.2, 0) is 24.1 Å². The first kappa shape index (κ1) is 33.1. The number of nitrogens with two attached hydrogens (primary N) is 1. The Hall–Kier alpha value is -2.82. The monoisotopic (exact) mass is 656 g/mol. The SMILES string of the molecule is CC(C)(C)OC(=O)N(c1cscn1)S(=O)(=O)c1cc(Cl)c(N[C@@H](N)c2cc(B3OC(C)(C)C(C)(C)O3)ccc2F)cc1F. The number of nitrogens with one attached hydrogen (secondary N) is 1. The van der Waals surface area contributed by atoms with Crippen molar-refractivity contribution in [3.63, 3.8) is 0 Å². The van der Waals surface area contributed by atoms with Gasteiger partial charge in [0, 0.05) is 10.9 Å². The zero-order chi connectivity index (χ0) is 32.1. The van der Waals surface area contributed by atoms with E-state index in [-0.39, 0.29) is 26.4 Å². The van der Waals surface area contributed by atoms with Crippen molar-refractivity contribution in [3.05, 3.63) is 63.4 Å². The number of anilines is 2. The fourth-order valence-corrected chi connectivity index (χ4v) is 6.25. The topological polar surface area (TPSA) is 133 Å². The molecule has 0 radical (unpaired) electrons. The number of carbonyl (C=O) groups excluding carboxylic acids is 1. The largest absolute Gasteiger partial charge is 0.494 e. The lowest BCUT2D eigenvalue weighted by Crippen LogP contribution is -2.41. The van der Waals surface area contributed by atoms with Crippen LogP contribution in [0.5, 0.6) is 0 Å². The molecule has 0 bridgehead atoms. The molecule has 0 aliphatic carbocycles. The Morgan fingerprint density at radius 2 is 1.77 bits per heavy atom. The van der Waals surface area contributed by atoms with E-state index in [4.69, 9.17) is 31.4 Å². The van der Waals surface area contributed by atoms with E-state index in [9.17, 15) is 17.6 Å². The summed E-state index contributed by atoms with van der Waals surface area (Å²) in [5.74, 6) is -2.20. The highest BCUT2D eigenvalue weighted by Gasteiger charge is 2.51. The number of carbonyl (C=O) groups is 1. The van der Waals surface area contributed by atoms with Crippen molar-refractivity contribution in [2.45, 2.75) is 76.3 Å². The van der Waals surface area contributed by atoms with Gasteiger partial charge in [0.2, 0.25) is 0 Å². The van der Waals surface area contributed by atoms with Crippen molar-refractivity contribution in [2.75, 3.05) is 9.62 Å². The van der Waals surface area contributed by atoms with Crippen LogP contribution >= 0.6 is 22.9 Å². The summed E-state index contributed by atoms with van der Waals surface area (Å²) in [4.78, 5) is 15.9. The number of benzene rings is 2. The summed E-state index contributed by atoms with van der Waals surface area (Å²) in [5.41, 5.74) is 5.63. The molecule has 3 N–H and O–H groups in total. The number of halogens is 3. The fourth-order valence-electron chi connectivity index (χ4n) is 4.03. The molecule has 0 saturated carbocycles. The van der Waals surface area contributed by atoms with E-state index in [0.29, 0.717) is 5.46 Å². The molecule has 2 heterocycles. The minimum absolute atomic E-state index is 0.0000168. The third-order valence-corrected chi connectivity index (χ3v) is 9.49. The molecule has 1 aliphatic rings. The van der Waals surface area contributed by atoms with Crippen molar-refractivity contribution < 1.29 is 36.0 Å². The number of rotatable bonds is 7. The second kappa shape index (κ2) is 11.6. The molecule has 1 aromatic heterocycles. The summed E-state index contributed by atoms with van der Waals surface area (Å²) in [5, 5.41) is 3.75. The van der Waals surface area contributed by atoms with Crippen molar-refractivity contribution in [1.29, 1.82) is 0 Å². The summed E-state index contributed by atoms with van der Waals surface area (Å²) >= 11 is 7.38. The lowest BCUT2D eigenvalue weighted by Gasteiger charge is -2.32. The first-order valence-corrected chi connectivity index (χ1v) is 15.8. The zero-order valence-corrected chi connectivity index (χ0v) is 27.0. The van der Waals surface area contributed by atoms with E-state index in [1.807, 2.05) is 27.7 Å². The van der Waals surface area contributed by atoms with Crippen LogP contribution in [0, 0.1) is 11.6 Å². The molecule has 0 unspecified atom stereocenters. The number of hydrogen-bond donors (Lipinski definition) is 2. The molecule has 1 fully saturated rings. The molecule has 10 nitrogen and oxygen atoms in total. The van der Waals surface area contributed by atoms with Crippen LogP contribution in [0.25, 0.3) is 0 Å². The average Bonchev–Trinajstić information content (AvgIpc) is 3.45. The minimum atomic E-state index is -4.89. The van der Waals surface area contributed by atoms with E-state index in [2.05, 4.69) is 10.3 Å². The number of hydrogen-bond acceptors (Lipinski definition) is 10. The van der Waals surface area contributed by atoms with Gasteiger partial charge < -0.3 is 25.1 Å². The summed E-state index contributed by atoms with van der Waals surface area (Å²) in [7, 11) is -5.68. The molecular formula is C27H32BClF2N4O6S2. The number of sulfonamides is 1. The molecule has 1 amide bonds. The summed E-state index contributed by atoms with van der Waals surface area (Å²) in [6.07, 6.45) is -2.52. The second-order valence-electron chi connectivity index (χ2n) is 11.9. The van der Waals surface area contributed by atoms with Crippen molar-refractivity contribution in [1.82, 2.24) is 4.98 Å². The van der Waals surface area contributed by atoms with Crippen LogP contribution in [0.1, 0.15) is 60.2 Å². The van der Waals surface area contributed by atoms with Gasteiger partial charge in [-0.2, -0.15) is 0 Å². The van der Waals surface area contributed by atoms with Crippen LogP contribution in [0.2, 0.25) is 5.02 Å². The van der Waals surface area contributed by atoms with Gasteiger partial charge in [0.25, 0.3) is 10.0 Å². The number of thiazole rings is 1. The quantitative estimate of drug-likeness (QED) is 0.247. The smallest absolute Gasteiger partial charge is 0.443 e. The average molecular weight is 657 g/mol. The fraction of sp³-hybridized carbons (Fsp3) is 0.407. The Labute approximate surface area is 258 Å². The molecule has 16 heteroatoms. The number of aromatic nitrogens is 1. The van der Waals surface area contributed by atoms with Crippen molar-refractivity contribution in [2.24, 2.45) is 5.73 Å². The third kappa shape index (κ3) is 6.81. The predicted octanol–water partition coefficient (Wildman–Crippen LogP) is 5.57. The predicted molar refractivity (Wildman–Crippen MR) is 162 cm³/mol. The highest BCUT2D eigenvalue weighted by molar-refractivity contribution is 7.93. The van der Waals surface area contributed by atoms with Crippen LogP contribution in [0.15, 0.2) is 46.1 Å². The standard InChI is InChI=1S/C27H32BClF2N4O6S2/c1-25(2,3)39-24(36)35(22-13-42-14-33-22)43(37,38)21-11-17(29)20(12-19(21)31)34-23(32)16-10-15(8-9-18(16)30)28-40-26(4,5)27(6,7)41-28/h8-14,23,34H,32H2,1-7H3/t23-/m1/s1. The van der Waals surface area contributed by atoms with Gasteiger partial charge in [0.15, 0.2) is 5.82 Å². The van der Waals surface area contributed by atoms with Crippen LogP contribution in [-0.4, -0.2) is 43.4 Å². The lowest BCUT2D eigenvalue weighted by molar-refractivity contribution is 0.00578. The second-order valence-corrected chi connectivity index (χ2v) is 14.7. The molecule has 0 spiro atoms. The Bertz CT molecular complexity index is 1620.